The van der Waals surface area contributed by atoms with Gasteiger partial charge in [0.05, 0.1) is 11.3 Å². The van der Waals surface area contributed by atoms with Crippen LogP contribution >= 0.6 is 15.9 Å². The quantitative estimate of drug-likeness (QED) is 0.524. The van der Waals surface area contributed by atoms with Crippen LogP contribution in [0.15, 0.2) is 50.7 Å². The van der Waals surface area contributed by atoms with Crippen molar-refractivity contribution in [1.29, 1.82) is 0 Å². The highest BCUT2D eigenvalue weighted by Crippen LogP contribution is 2.16. The van der Waals surface area contributed by atoms with E-state index < -0.39 is 0 Å². The number of aryl methyl sites for hydroxylation is 2. The summed E-state index contributed by atoms with van der Waals surface area (Å²) in [5.74, 6) is 1.10. The second-order valence-corrected chi connectivity index (χ2v) is 6.65. The standard InChI is InChI=1S/C17H14BrN7O/c1-10-14(9-19-13-5-3-12(18)4-6-13)17(26)25(22-10)16-8-7-15-21-20-11(2)24(15)23-16/h3-9,22H,1-2H3. The molecule has 0 spiro atoms. The third kappa shape index (κ3) is 2.86. The molecule has 0 radical (unpaired) electrons. The van der Waals surface area contributed by atoms with E-state index >= 15 is 0 Å². The van der Waals surface area contributed by atoms with Crippen molar-refractivity contribution < 1.29 is 0 Å². The van der Waals surface area contributed by atoms with Gasteiger partial charge in [-0.2, -0.15) is 9.20 Å². The van der Waals surface area contributed by atoms with E-state index in [0.717, 1.165) is 10.2 Å². The molecule has 0 fully saturated rings. The lowest BCUT2D eigenvalue weighted by atomic mass is 10.3. The van der Waals surface area contributed by atoms with Crippen molar-refractivity contribution in [2.24, 2.45) is 4.99 Å². The van der Waals surface area contributed by atoms with E-state index in [0.29, 0.717) is 28.5 Å². The molecular weight excluding hydrogens is 398 g/mol. The third-order valence-corrected chi connectivity index (χ3v) is 4.45. The van der Waals surface area contributed by atoms with Gasteiger partial charge in [-0.3, -0.25) is 14.9 Å². The molecule has 0 aliphatic carbocycles. The first-order valence-corrected chi connectivity index (χ1v) is 8.63. The largest absolute Gasteiger partial charge is 0.293 e. The van der Waals surface area contributed by atoms with Gasteiger partial charge in [-0.15, -0.1) is 15.3 Å². The molecule has 3 aromatic heterocycles. The molecule has 26 heavy (non-hydrogen) atoms. The van der Waals surface area contributed by atoms with Gasteiger partial charge in [-0.25, -0.2) is 0 Å². The molecule has 1 N–H and O–H groups in total. The fourth-order valence-corrected chi connectivity index (χ4v) is 2.81. The Morgan fingerprint density at radius 3 is 2.65 bits per heavy atom. The Bertz CT molecular complexity index is 1180. The molecule has 0 saturated heterocycles. The van der Waals surface area contributed by atoms with E-state index in [1.54, 1.807) is 29.8 Å². The van der Waals surface area contributed by atoms with Crippen LogP contribution in [0.3, 0.4) is 0 Å². The first kappa shape index (κ1) is 16.4. The van der Waals surface area contributed by atoms with Crippen molar-refractivity contribution in [3.05, 3.63) is 68.3 Å². The average Bonchev–Trinajstić information content (AvgIpc) is 3.14. The molecule has 0 amide bonds. The van der Waals surface area contributed by atoms with Gasteiger partial charge in [0.1, 0.15) is 0 Å². The number of aliphatic imine (C=N–C) groups is 1. The van der Waals surface area contributed by atoms with Gasteiger partial charge in [0.15, 0.2) is 17.3 Å². The van der Waals surface area contributed by atoms with Gasteiger partial charge in [0.2, 0.25) is 0 Å². The zero-order chi connectivity index (χ0) is 18.3. The third-order valence-electron chi connectivity index (χ3n) is 3.92. The Labute approximate surface area is 156 Å². The number of nitrogens with one attached hydrogen (secondary N) is 1. The molecule has 9 heteroatoms. The number of H-pyrrole nitrogens is 1. The second kappa shape index (κ2) is 6.34. The number of fused-ring (bicyclic) bond motifs is 1. The van der Waals surface area contributed by atoms with Crippen LogP contribution in [-0.4, -0.2) is 35.8 Å². The molecule has 8 nitrogen and oxygen atoms in total. The number of rotatable bonds is 3. The zero-order valence-corrected chi connectivity index (χ0v) is 15.6. The lowest BCUT2D eigenvalue weighted by Gasteiger charge is -2.01. The summed E-state index contributed by atoms with van der Waals surface area (Å²) in [6, 6.07) is 11.0. The number of aromatic amines is 1. The Balaban J connectivity index is 1.74. The van der Waals surface area contributed by atoms with E-state index in [1.165, 1.54) is 4.68 Å². The average molecular weight is 412 g/mol. The van der Waals surface area contributed by atoms with Crippen molar-refractivity contribution in [2.45, 2.75) is 13.8 Å². The fraction of sp³-hybridized carbons (Fsp3) is 0.118. The predicted octanol–water partition coefficient (Wildman–Crippen LogP) is 2.73. The van der Waals surface area contributed by atoms with E-state index in [9.17, 15) is 4.79 Å². The summed E-state index contributed by atoms with van der Waals surface area (Å²) >= 11 is 3.39. The zero-order valence-electron chi connectivity index (χ0n) is 14.0. The first-order chi connectivity index (χ1) is 12.5. The van der Waals surface area contributed by atoms with Crippen LogP contribution in [0.1, 0.15) is 17.1 Å². The van der Waals surface area contributed by atoms with Gasteiger partial charge in [-0.1, -0.05) is 15.9 Å². The van der Waals surface area contributed by atoms with Crippen LogP contribution in [0.5, 0.6) is 0 Å². The lowest BCUT2D eigenvalue weighted by molar-refractivity contribution is 0.755. The minimum Gasteiger partial charge on any atom is -0.293 e. The van der Waals surface area contributed by atoms with E-state index in [1.807, 2.05) is 31.2 Å². The van der Waals surface area contributed by atoms with Gasteiger partial charge < -0.3 is 0 Å². The maximum atomic E-state index is 12.8. The maximum absolute atomic E-state index is 12.8. The molecule has 130 valence electrons. The van der Waals surface area contributed by atoms with Crippen molar-refractivity contribution in [3.8, 4) is 5.82 Å². The minimum atomic E-state index is -0.221. The highest BCUT2D eigenvalue weighted by Gasteiger charge is 2.13. The van der Waals surface area contributed by atoms with Crippen LogP contribution in [-0.2, 0) is 0 Å². The van der Waals surface area contributed by atoms with Gasteiger partial charge in [0, 0.05) is 16.4 Å². The van der Waals surface area contributed by atoms with Crippen LogP contribution in [0, 0.1) is 13.8 Å². The van der Waals surface area contributed by atoms with Gasteiger partial charge in [-0.05, 0) is 50.2 Å². The van der Waals surface area contributed by atoms with Crippen molar-refractivity contribution in [1.82, 2.24) is 29.6 Å². The number of aromatic nitrogens is 6. The molecule has 0 unspecified atom stereocenters. The Morgan fingerprint density at radius 1 is 1.12 bits per heavy atom. The Hall–Kier alpha value is -3.07. The second-order valence-electron chi connectivity index (χ2n) is 5.73. The SMILES string of the molecule is Cc1[nH]n(-c2ccc3nnc(C)n3n2)c(=O)c1C=Nc1ccc(Br)cc1. The smallest absolute Gasteiger partial charge is 0.281 e. The molecule has 0 aliphatic rings. The molecular formula is C17H14BrN7O. The monoisotopic (exact) mass is 411 g/mol. The van der Waals surface area contributed by atoms with Gasteiger partial charge in [0.25, 0.3) is 5.56 Å². The molecule has 0 atom stereocenters. The summed E-state index contributed by atoms with van der Waals surface area (Å²) in [5, 5.41) is 15.4. The molecule has 4 aromatic rings. The normalized spacial score (nSPS) is 11.7. The lowest BCUT2D eigenvalue weighted by Crippen LogP contribution is -2.19. The molecule has 3 heterocycles. The fourth-order valence-electron chi connectivity index (χ4n) is 2.54. The van der Waals surface area contributed by atoms with Crippen molar-refractivity contribution >= 4 is 33.5 Å². The van der Waals surface area contributed by atoms with E-state index in [2.05, 4.69) is 41.3 Å². The highest BCUT2D eigenvalue weighted by molar-refractivity contribution is 9.10. The van der Waals surface area contributed by atoms with Crippen LogP contribution < -0.4 is 5.56 Å². The van der Waals surface area contributed by atoms with Crippen molar-refractivity contribution in [2.75, 3.05) is 0 Å². The number of halogens is 1. The van der Waals surface area contributed by atoms with Gasteiger partial charge >= 0.3 is 0 Å². The van der Waals surface area contributed by atoms with Crippen LogP contribution in [0.2, 0.25) is 0 Å². The Morgan fingerprint density at radius 2 is 1.88 bits per heavy atom. The maximum Gasteiger partial charge on any atom is 0.281 e. The van der Waals surface area contributed by atoms with E-state index in [-0.39, 0.29) is 5.56 Å². The first-order valence-electron chi connectivity index (χ1n) is 7.83. The highest BCUT2D eigenvalue weighted by atomic mass is 79.9. The number of benzene rings is 1. The molecule has 0 saturated carbocycles. The summed E-state index contributed by atoms with van der Waals surface area (Å²) in [7, 11) is 0. The van der Waals surface area contributed by atoms with E-state index in [4.69, 9.17) is 0 Å². The number of hydrogen-bond acceptors (Lipinski definition) is 5. The topological polar surface area (TPSA) is 93.2 Å². The molecule has 4 rings (SSSR count). The molecule has 0 bridgehead atoms. The molecule has 1 aromatic carbocycles. The van der Waals surface area contributed by atoms with Crippen LogP contribution in [0.4, 0.5) is 5.69 Å². The van der Waals surface area contributed by atoms with Crippen LogP contribution in [0.25, 0.3) is 11.5 Å². The minimum absolute atomic E-state index is 0.221. The summed E-state index contributed by atoms with van der Waals surface area (Å²) in [6.45, 7) is 3.62. The summed E-state index contributed by atoms with van der Waals surface area (Å²) < 4.78 is 3.95. The number of hydrogen-bond donors (Lipinski definition) is 1. The molecule has 0 aliphatic heterocycles. The number of nitrogens with zero attached hydrogens (tertiary/aromatic N) is 6. The Kier molecular flexibility index (Phi) is 4.00. The predicted molar refractivity (Wildman–Crippen MR) is 102 cm³/mol. The summed E-state index contributed by atoms with van der Waals surface area (Å²) in [5.41, 5.74) is 2.36. The summed E-state index contributed by atoms with van der Waals surface area (Å²) in [4.78, 5) is 17.2. The van der Waals surface area contributed by atoms with Crippen molar-refractivity contribution in [3.63, 3.8) is 0 Å². The summed E-state index contributed by atoms with van der Waals surface area (Å²) in [6.07, 6.45) is 1.57.